The number of fused-ring (bicyclic) bond motifs is 3. The number of oxime groups is 1. The number of aliphatic hydroxyl groups excluding tert-OH is 1. The highest BCUT2D eigenvalue weighted by atomic mass is 16.6. The van der Waals surface area contributed by atoms with Gasteiger partial charge in [-0.1, -0.05) is 55.4 Å². The summed E-state index contributed by atoms with van der Waals surface area (Å²) in [5, 5.41) is 12.9. The van der Waals surface area contributed by atoms with Crippen molar-refractivity contribution < 1.29 is 14.7 Å². The van der Waals surface area contributed by atoms with Gasteiger partial charge in [0.1, 0.15) is 25.2 Å². The predicted molar refractivity (Wildman–Crippen MR) is 102 cm³/mol. The van der Waals surface area contributed by atoms with Crippen molar-refractivity contribution in [1.82, 2.24) is 0 Å². The van der Waals surface area contributed by atoms with Crippen LogP contribution >= 0.6 is 0 Å². The molecule has 0 amide bonds. The summed E-state index contributed by atoms with van der Waals surface area (Å²) in [5.74, 6) is 0.786. The molecule has 0 spiro atoms. The van der Waals surface area contributed by atoms with Crippen molar-refractivity contribution in [3.05, 3.63) is 65.7 Å². The molecule has 3 rings (SSSR count). The van der Waals surface area contributed by atoms with Crippen LogP contribution in [0, 0.1) is 0 Å². The molecule has 1 aliphatic carbocycles. The molecule has 0 fully saturated rings. The maximum atomic E-state index is 8.74. The summed E-state index contributed by atoms with van der Waals surface area (Å²) in [6.45, 7) is 4.63. The lowest BCUT2D eigenvalue weighted by atomic mass is 10.1. The van der Waals surface area contributed by atoms with Gasteiger partial charge in [-0.2, -0.15) is 0 Å². The summed E-state index contributed by atoms with van der Waals surface area (Å²) >= 11 is 0. The van der Waals surface area contributed by atoms with Gasteiger partial charge in [0.25, 0.3) is 0 Å². The predicted octanol–water partition coefficient (Wildman–Crippen LogP) is 4.41. The first-order valence-corrected chi connectivity index (χ1v) is 8.59. The molecule has 1 N–H and O–H groups in total. The van der Waals surface area contributed by atoms with E-state index < -0.39 is 0 Å². The Balaban J connectivity index is 0.00000109. The Morgan fingerprint density at radius 1 is 0.960 bits per heavy atom. The van der Waals surface area contributed by atoms with Crippen LogP contribution < -0.4 is 4.74 Å². The molecule has 0 aromatic heterocycles. The first-order chi connectivity index (χ1) is 12.3. The first-order valence-electron chi connectivity index (χ1n) is 8.59. The van der Waals surface area contributed by atoms with Gasteiger partial charge in [-0.05, 0) is 35.7 Å². The summed E-state index contributed by atoms with van der Waals surface area (Å²) < 4.78 is 5.74. The molecule has 0 heterocycles. The maximum absolute atomic E-state index is 8.74. The number of nitrogens with zero attached hydrogens (tertiary/aromatic N) is 1. The van der Waals surface area contributed by atoms with Gasteiger partial charge in [-0.3, -0.25) is 0 Å². The Kier molecular flexibility index (Phi) is 7.23. The minimum absolute atomic E-state index is 0.157. The summed E-state index contributed by atoms with van der Waals surface area (Å²) in [6, 6.07) is 14.2. The minimum Gasteiger partial charge on any atom is -0.490 e. The first kappa shape index (κ1) is 18.7. The normalized spacial score (nSPS) is 13.2. The van der Waals surface area contributed by atoms with E-state index >= 15 is 0 Å². The smallest absolute Gasteiger partial charge is 0.120 e. The molecule has 25 heavy (non-hydrogen) atoms. The van der Waals surface area contributed by atoms with Crippen molar-refractivity contribution in [2.24, 2.45) is 5.16 Å². The number of hydrogen-bond acceptors (Lipinski definition) is 4. The lowest BCUT2D eigenvalue weighted by Gasteiger charge is -2.06. The molecule has 2 aromatic rings. The van der Waals surface area contributed by atoms with Gasteiger partial charge in [0.05, 0.1) is 0 Å². The van der Waals surface area contributed by atoms with Crippen LogP contribution in [0.2, 0.25) is 0 Å². The van der Waals surface area contributed by atoms with Crippen molar-refractivity contribution in [1.29, 1.82) is 0 Å². The van der Waals surface area contributed by atoms with E-state index in [0.29, 0.717) is 13.0 Å². The van der Waals surface area contributed by atoms with Crippen molar-refractivity contribution in [2.45, 2.75) is 20.3 Å². The van der Waals surface area contributed by atoms with Gasteiger partial charge >= 0.3 is 0 Å². The minimum atomic E-state index is 0.157. The fraction of sp³-hybridized carbons (Fsp3) is 0.286. The van der Waals surface area contributed by atoms with Gasteiger partial charge < -0.3 is 14.7 Å². The van der Waals surface area contributed by atoms with Gasteiger partial charge in [0.2, 0.25) is 0 Å². The molecule has 0 atom stereocenters. The number of hydrogen-bond donors (Lipinski definition) is 1. The molecule has 0 unspecified atom stereocenters. The molecule has 4 nitrogen and oxygen atoms in total. The van der Waals surface area contributed by atoms with Crippen LogP contribution in [0.3, 0.4) is 0 Å². The van der Waals surface area contributed by atoms with Gasteiger partial charge in [-0.15, -0.1) is 0 Å². The third-order valence-electron chi connectivity index (χ3n) is 3.71. The van der Waals surface area contributed by atoms with Gasteiger partial charge in [0, 0.05) is 17.7 Å². The molecule has 0 saturated carbocycles. The van der Waals surface area contributed by atoms with E-state index in [9.17, 15) is 0 Å². The zero-order chi connectivity index (χ0) is 18.1. The van der Waals surface area contributed by atoms with E-state index in [1.807, 2.05) is 56.3 Å². The lowest BCUT2D eigenvalue weighted by molar-refractivity contribution is 0.214. The Morgan fingerprint density at radius 2 is 1.68 bits per heavy atom. The van der Waals surface area contributed by atoms with Gasteiger partial charge in [0.15, 0.2) is 0 Å². The van der Waals surface area contributed by atoms with E-state index in [1.165, 1.54) is 0 Å². The second-order valence-electron chi connectivity index (χ2n) is 5.17. The van der Waals surface area contributed by atoms with Crippen LogP contribution in [0.1, 0.15) is 31.4 Å². The van der Waals surface area contributed by atoms with Crippen LogP contribution in [0.5, 0.6) is 5.75 Å². The molecular weight excluding hydrogens is 314 g/mol. The molecule has 4 heteroatoms. The highest BCUT2D eigenvalue weighted by molar-refractivity contribution is 6.24. The van der Waals surface area contributed by atoms with E-state index in [2.05, 4.69) is 17.3 Å². The van der Waals surface area contributed by atoms with E-state index in [4.69, 9.17) is 14.7 Å². The lowest BCUT2D eigenvalue weighted by Crippen LogP contribution is -2.00. The van der Waals surface area contributed by atoms with E-state index in [-0.39, 0.29) is 6.61 Å². The number of ether oxygens (including phenoxy) is 1. The second-order valence-corrected chi connectivity index (χ2v) is 5.17. The fourth-order valence-electron chi connectivity index (χ4n) is 2.71. The third kappa shape index (κ3) is 4.28. The molecular formula is C21H25NO3. The quantitative estimate of drug-likeness (QED) is 0.534. The summed E-state index contributed by atoms with van der Waals surface area (Å²) in [4.78, 5) is 5.02. The molecule has 0 aliphatic heterocycles. The van der Waals surface area contributed by atoms with Crippen molar-refractivity contribution in [3.63, 3.8) is 0 Å². The largest absolute Gasteiger partial charge is 0.490 e. The molecule has 0 bridgehead atoms. The summed E-state index contributed by atoms with van der Waals surface area (Å²) in [6.07, 6.45) is 4.46. The zero-order valence-corrected chi connectivity index (χ0v) is 15.0. The highest BCUT2D eigenvalue weighted by Gasteiger charge is 2.25. The molecule has 0 saturated heterocycles. The van der Waals surface area contributed by atoms with Crippen LogP contribution in [0.15, 0.2) is 59.8 Å². The average Bonchev–Trinajstić information content (AvgIpc) is 2.97. The van der Waals surface area contributed by atoms with Gasteiger partial charge in [-0.25, -0.2) is 0 Å². The van der Waals surface area contributed by atoms with Crippen molar-refractivity contribution in [2.75, 3.05) is 20.3 Å². The fourth-order valence-corrected chi connectivity index (χ4v) is 2.71. The third-order valence-corrected chi connectivity index (χ3v) is 3.71. The van der Waals surface area contributed by atoms with E-state index in [0.717, 1.165) is 33.7 Å². The topological polar surface area (TPSA) is 51.0 Å². The molecule has 0 radical (unpaired) electrons. The van der Waals surface area contributed by atoms with E-state index in [1.54, 1.807) is 7.11 Å². The maximum Gasteiger partial charge on any atom is 0.120 e. The van der Waals surface area contributed by atoms with Crippen molar-refractivity contribution in [3.8, 4) is 16.9 Å². The molecule has 2 aromatic carbocycles. The zero-order valence-electron chi connectivity index (χ0n) is 15.0. The molecule has 132 valence electrons. The van der Waals surface area contributed by atoms with Crippen LogP contribution in [0.25, 0.3) is 11.1 Å². The molecule has 1 aliphatic rings. The Hall–Kier alpha value is -2.59. The van der Waals surface area contributed by atoms with Crippen molar-refractivity contribution >= 4 is 5.71 Å². The standard InChI is InChI=1S/C19H19NO3.C2H6/c1-22-20-19-17-8-4-3-7-15(17)16-10-9-14(13-18(16)19)23-12-6-2-5-11-21;1-2/h2-4,6-10,13,21H,5,11-12H2,1H3;1-2H3/b6-2-,20-19+;. The monoisotopic (exact) mass is 339 g/mol. The van der Waals surface area contributed by atoms with Crippen LogP contribution in [-0.4, -0.2) is 31.1 Å². The number of aliphatic hydroxyl groups is 1. The average molecular weight is 339 g/mol. The highest BCUT2D eigenvalue weighted by Crippen LogP contribution is 2.38. The second kappa shape index (κ2) is 9.64. The SMILES string of the molecule is CC.CO/N=C1\c2ccccc2-c2ccc(OC/C=C\CCO)cc21. The van der Waals surface area contributed by atoms with Crippen LogP contribution in [-0.2, 0) is 4.84 Å². The Morgan fingerprint density at radius 3 is 2.40 bits per heavy atom. The summed E-state index contributed by atoms with van der Waals surface area (Å²) in [5.41, 5.74) is 5.22. The number of rotatable bonds is 6. The Bertz CT molecular complexity index is 751. The Labute approximate surface area is 149 Å². The van der Waals surface area contributed by atoms with Crippen LogP contribution in [0.4, 0.5) is 0 Å². The summed E-state index contributed by atoms with van der Waals surface area (Å²) in [7, 11) is 1.56. The number of benzene rings is 2.